The second kappa shape index (κ2) is 3.80. The molecule has 3 heteroatoms. The van der Waals surface area contributed by atoms with Gasteiger partial charge in [-0.3, -0.25) is 0 Å². The summed E-state index contributed by atoms with van der Waals surface area (Å²) >= 11 is 0. The molecule has 0 aromatic heterocycles. The van der Waals surface area contributed by atoms with E-state index in [4.69, 9.17) is 17.0 Å². The summed E-state index contributed by atoms with van der Waals surface area (Å²) in [6.45, 7) is 8.22. The summed E-state index contributed by atoms with van der Waals surface area (Å²) in [5, 5.41) is 0. The standard InChI is InChI=1S/C15H20O3/c1-13(2,3)14-9-16-15(17-10-14,18-11-14)12-7-5-4-6-8-12/h4-8H,9-11H2,1-3H3/i4T,5T. The number of hydrogen-bond acceptors (Lipinski definition) is 3. The van der Waals surface area contributed by atoms with Crippen LogP contribution in [0.3, 0.4) is 0 Å². The maximum atomic E-state index is 7.74. The summed E-state index contributed by atoms with van der Waals surface area (Å²) in [7, 11) is 0. The van der Waals surface area contributed by atoms with Crippen LogP contribution in [0.25, 0.3) is 0 Å². The molecule has 0 radical (unpaired) electrons. The van der Waals surface area contributed by atoms with E-state index in [0.29, 0.717) is 25.4 Å². The fourth-order valence-corrected chi connectivity index (χ4v) is 2.39. The zero-order valence-electron chi connectivity index (χ0n) is 13.1. The highest BCUT2D eigenvalue weighted by Gasteiger charge is 2.57. The molecule has 1 aromatic rings. The van der Waals surface area contributed by atoms with Crippen molar-refractivity contribution in [1.29, 1.82) is 0 Å². The van der Waals surface area contributed by atoms with E-state index in [1.54, 1.807) is 18.2 Å². The average Bonchev–Trinajstić information content (AvgIpc) is 2.42. The van der Waals surface area contributed by atoms with E-state index < -0.39 is 5.97 Å². The summed E-state index contributed by atoms with van der Waals surface area (Å²) < 4.78 is 33.0. The van der Waals surface area contributed by atoms with Crippen LogP contribution in [-0.2, 0) is 20.2 Å². The Balaban J connectivity index is 1.90. The molecule has 0 amide bonds. The number of benzene rings is 1. The molecule has 3 heterocycles. The minimum Gasteiger partial charge on any atom is -0.323 e. The normalized spacial score (nSPS) is 37.3. The topological polar surface area (TPSA) is 27.7 Å². The van der Waals surface area contributed by atoms with Gasteiger partial charge in [0, 0.05) is 11.0 Å². The van der Waals surface area contributed by atoms with Crippen LogP contribution in [0.1, 0.15) is 29.1 Å². The van der Waals surface area contributed by atoms with Gasteiger partial charge < -0.3 is 14.2 Å². The molecule has 3 aliphatic rings. The maximum Gasteiger partial charge on any atom is 0.312 e. The average molecular weight is 252 g/mol. The van der Waals surface area contributed by atoms with E-state index in [1.165, 1.54) is 0 Å². The first-order valence-electron chi connectivity index (χ1n) is 7.28. The van der Waals surface area contributed by atoms with Gasteiger partial charge in [-0.1, -0.05) is 51.1 Å². The van der Waals surface area contributed by atoms with Gasteiger partial charge in [0.25, 0.3) is 0 Å². The zero-order valence-corrected chi connectivity index (χ0v) is 11.1. The second-order valence-corrected chi connectivity index (χ2v) is 6.17. The second-order valence-electron chi connectivity index (χ2n) is 6.17. The Bertz CT molecular complexity index is 512. The minimum atomic E-state index is -1.20. The van der Waals surface area contributed by atoms with E-state index in [1.807, 2.05) is 0 Å². The van der Waals surface area contributed by atoms with Gasteiger partial charge >= 0.3 is 5.97 Å². The van der Waals surface area contributed by atoms with Crippen LogP contribution in [-0.4, -0.2) is 19.8 Å². The lowest BCUT2D eigenvalue weighted by Gasteiger charge is -2.56. The predicted molar refractivity (Wildman–Crippen MR) is 67.9 cm³/mol. The first-order chi connectivity index (χ1) is 9.28. The summed E-state index contributed by atoms with van der Waals surface area (Å²) in [5.74, 6) is -1.20. The number of hydrogen-bond donors (Lipinski definition) is 0. The van der Waals surface area contributed by atoms with Crippen molar-refractivity contribution in [2.45, 2.75) is 26.7 Å². The third-order valence-electron chi connectivity index (χ3n) is 4.22. The van der Waals surface area contributed by atoms with Gasteiger partial charge in [0.15, 0.2) is 0 Å². The first kappa shape index (κ1) is 9.96. The monoisotopic (exact) mass is 252 g/mol. The third kappa shape index (κ3) is 1.62. The number of fused-ring (bicyclic) bond motifs is 3. The molecule has 0 N–H and O–H groups in total. The van der Waals surface area contributed by atoms with Crippen molar-refractivity contribution in [2.75, 3.05) is 19.8 Å². The van der Waals surface area contributed by atoms with Gasteiger partial charge in [-0.15, -0.1) is 0 Å². The highest BCUT2D eigenvalue weighted by atomic mass is 16.9. The van der Waals surface area contributed by atoms with Crippen LogP contribution in [0.4, 0.5) is 0 Å². The molecular weight excluding hydrogens is 228 g/mol. The van der Waals surface area contributed by atoms with Gasteiger partial charge in [0.05, 0.1) is 22.6 Å². The fraction of sp³-hybridized carbons (Fsp3) is 0.600. The molecule has 4 rings (SSSR count). The molecule has 3 nitrogen and oxygen atoms in total. The smallest absolute Gasteiger partial charge is 0.312 e. The molecule has 3 aliphatic heterocycles. The van der Waals surface area contributed by atoms with Crippen molar-refractivity contribution in [3.8, 4) is 0 Å². The Morgan fingerprint density at radius 3 is 2.17 bits per heavy atom. The van der Waals surface area contributed by atoms with Gasteiger partial charge in [-0.25, -0.2) is 0 Å². The first-order valence-corrected chi connectivity index (χ1v) is 6.28. The molecule has 3 fully saturated rings. The van der Waals surface area contributed by atoms with E-state index in [9.17, 15) is 0 Å². The van der Waals surface area contributed by atoms with Crippen molar-refractivity contribution in [3.05, 3.63) is 35.8 Å². The molecule has 0 aliphatic carbocycles. The van der Waals surface area contributed by atoms with Crippen molar-refractivity contribution in [2.24, 2.45) is 10.8 Å². The van der Waals surface area contributed by atoms with Gasteiger partial charge in [-0.05, 0) is 5.41 Å². The quantitative estimate of drug-likeness (QED) is 0.769. The van der Waals surface area contributed by atoms with Crippen LogP contribution in [0.5, 0.6) is 0 Å². The van der Waals surface area contributed by atoms with Crippen LogP contribution in [0, 0.1) is 10.8 Å². The van der Waals surface area contributed by atoms with E-state index in [-0.39, 0.29) is 22.9 Å². The molecule has 0 atom stereocenters. The summed E-state index contributed by atoms with van der Waals surface area (Å²) in [4.78, 5) is 0. The Labute approximate surface area is 111 Å². The maximum absolute atomic E-state index is 7.74. The number of rotatable bonds is 1. The summed E-state index contributed by atoms with van der Waals surface area (Å²) in [5.41, 5.74) is 0.555. The van der Waals surface area contributed by atoms with Crippen LogP contribution in [0.2, 0.25) is 0 Å². The third-order valence-corrected chi connectivity index (χ3v) is 4.22. The van der Waals surface area contributed by atoms with Crippen molar-refractivity contribution in [3.63, 3.8) is 0 Å². The SMILES string of the molecule is [3H]c1ccc(C23OCC(C(C)(C)C)(CO2)CO3)cc1[3H]. The molecule has 0 saturated carbocycles. The Morgan fingerprint density at radius 1 is 1.06 bits per heavy atom. The highest BCUT2D eigenvalue weighted by molar-refractivity contribution is 5.20. The fourth-order valence-electron chi connectivity index (χ4n) is 2.39. The molecule has 2 bridgehead atoms. The lowest BCUT2D eigenvalue weighted by Crippen LogP contribution is -2.62. The summed E-state index contributed by atoms with van der Waals surface area (Å²) in [6, 6.07) is 5.21. The van der Waals surface area contributed by atoms with Crippen LogP contribution >= 0.6 is 0 Å². The molecule has 98 valence electrons. The van der Waals surface area contributed by atoms with E-state index >= 15 is 0 Å². The Morgan fingerprint density at radius 2 is 1.67 bits per heavy atom. The lowest BCUT2D eigenvalue weighted by atomic mass is 9.67. The number of ether oxygens (including phenoxy) is 3. The Hall–Kier alpha value is -0.900. The van der Waals surface area contributed by atoms with Gasteiger partial charge in [0.2, 0.25) is 0 Å². The molecule has 1 aromatic carbocycles. The Kier molecular flexibility index (Phi) is 2.10. The van der Waals surface area contributed by atoms with E-state index in [0.717, 1.165) is 0 Å². The molecular formula is C15H20O3. The lowest BCUT2D eigenvalue weighted by molar-refractivity contribution is -0.489. The van der Waals surface area contributed by atoms with E-state index in [2.05, 4.69) is 20.8 Å². The molecule has 0 spiro atoms. The van der Waals surface area contributed by atoms with Crippen molar-refractivity contribution >= 4 is 0 Å². The molecule has 18 heavy (non-hydrogen) atoms. The highest BCUT2D eigenvalue weighted by Crippen LogP contribution is 2.51. The van der Waals surface area contributed by atoms with Crippen LogP contribution < -0.4 is 0 Å². The largest absolute Gasteiger partial charge is 0.323 e. The van der Waals surface area contributed by atoms with Crippen molar-refractivity contribution in [1.82, 2.24) is 0 Å². The predicted octanol–water partition coefficient (Wildman–Crippen LogP) is 2.91. The minimum absolute atomic E-state index is 0.0329. The summed E-state index contributed by atoms with van der Waals surface area (Å²) in [6.07, 6.45) is 0. The van der Waals surface area contributed by atoms with Gasteiger partial charge in [-0.2, -0.15) is 0 Å². The molecule has 0 unspecified atom stereocenters. The van der Waals surface area contributed by atoms with Crippen molar-refractivity contribution < 1.29 is 17.0 Å². The van der Waals surface area contributed by atoms with Crippen LogP contribution in [0.15, 0.2) is 30.3 Å². The molecule has 3 saturated heterocycles. The van der Waals surface area contributed by atoms with Gasteiger partial charge in [0.1, 0.15) is 0 Å². The zero-order chi connectivity index (χ0) is 14.6.